The molecular formula is C23H22N4OS. The molecule has 146 valence electrons. The van der Waals surface area contributed by atoms with Crippen molar-refractivity contribution < 1.29 is 4.74 Å². The largest absolute Gasteiger partial charge is 0.456 e. The fourth-order valence-electron chi connectivity index (χ4n) is 3.74. The number of nitrogens with one attached hydrogen (secondary N) is 1. The Bertz CT molecular complexity index is 1110. The number of pyridine rings is 2. The zero-order chi connectivity index (χ0) is 19.5. The van der Waals surface area contributed by atoms with E-state index in [1.165, 1.54) is 32.1 Å². The maximum atomic E-state index is 6.08. The van der Waals surface area contributed by atoms with Gasteiger partial charge in [0.05, 0.1) is 22.1 Å². The van der Waals surface area contributed by atoms with E-state index >= 15 is 0 Å². The summed E-state index contributed by atoms with van der Waals surface area (Å²) in [6, 6.07) is 14.4. The summed E-state index contributed by atoms with van der Waals surface area (Å²) in [6.45, 7) is 0. The lowest BCUT2D eigenvalue weighted by Crippen LogP contribution is -2.21. The predicted octanol–water partition coefficient (Wildman–Crippen LogP) is 6.29. The van der Waals surface area contributed by atoms with Gasteiger partial charge in [0, 0.05) is 30.1 Å². The number of rotatable bonds is 5. The lowest BCUT2D eigenvalue weighted by atomic mass is 9.96. The van der Waals surface area contributed by atoms with Crippen molar-refractivity contribution in [1.29, 1.82) is 0 Å². The molecule has 0 atom stereocenters. The Labute approximate surface area is 173 Å². The van der Waals surface area contributed by atoms with E-state index in [-0.39, 0.29) is 0 Å². The van der Waals surface area contributed by atoms with Gasteiger partial charge in [0.2, 0.25) is 0 Å². The second kappa shape index (κ2) is 8.17. The first-order chi connectivity index (χ1) is 14.3. The van der Waals surface area contributed by atoms with Gasteiger partial charge in [0.25, 0.3) is 0 Å². The van der Waals surface area contributed by atoms with Crippen LogP contribution in [0.4, 0.5) is 5.13 Å². The first-order valence-corrected chi connectivity index (χ1v) is 10.9. The van der Waals surface area contributed by atoms with Gasteiger partial charge in [0.1, 0.15) is 11.5 Å². The van der Waals surface area contributed by atoms with E-state index in [4.69, 9.17) is 9.72 Å². The highest BCUT2D eigenvalue weighted by Gasteiger charge is 2.15. The van der Waals surface area contributed by atoms with Crippen LogP contribution in [0.15, 0.2) is 61.1 Å². The minimum absolute atomic E-state index is 0.556. The van der Waals surface area contributed by atoms with Crippen molar-refractivity contribution in [2.45, 2.75) is 38.1 Å². The maximum Gasteiger partial charge on any atom is 0.184 e. The zero-order valence-electron chi connectivity index (χ0n) is 16.0. The van der Waals surface area contributed by atoms with Crippen LogP contribution in [0.25, 0.3) is 21.5 Å². The Kier molecular flexibility index (Phi) is 5.09. The molecule has 3 aromatic heterocycles. The molecule has 4 aromatic rings. The molecule has 1 N–H and O–H groups in total. The number of hydrogen-bond acceptors (Lipinski definition) is 6. The van der Waals surface area contributed by atoms with Crippen LogP contribution in [-0.4, -0.2) is 21.0 Å². The number of aromatic nitrogens is 3. The van der Waals surface area contributed by atoms with Gasteiger partial charge in [-0.15, -0.1) is 0 Å². The number of anilines is 1. The fourth-order valence-corrected chi connectivity index (χ4v) is 4.71. The molecule has 1 aliphatic rings. The topological polar surface area (TPSA) is 59.9 Å². The summed E-state index contributed by atoms with van der Waals surface area (Å²) < 4.78 is 7.20. The third kappa shape index (κ3) is 4.22. The van der Waals surface area contributed by atoms with E-state index in [2.05, 4.69) is 15.3 Å². The Morgan fingerprint density at radius 2 is 1.90 bits per heavy atom. The van der Waals surface area contributed by atoms with Crippen molar-refractivity contribution in [3.63, 3.8) is 0 Å². The maximum absolute atomic E-state index is 6.08. The van der Waals surface area contributed by atoms with Crippen LogP contribution in [0.2, 0.25) is 0 Å². The standard InChI is InChI=1S/C23H22N4OS/c1-2-6-17(7-3-1)26-23-27-21-10-9-18(13-22(21)29-23)28-19-12-16(14-24-15-19)20-8-4-5-11-25-20/h4-5,8-15,17H,1-3,6-7H2,(H,26,27). The summed E-state index contributed by atoms with van der Waals surface area (Å²) in [6.07, 6.45) is 11.8. The van der Waals surface area contributed by atoms with E-state index in [1.54, 1.807) is 29.9 Å². The van der Waals surface area contributed by atoms with Crippen LogP contribution in [0.1, 0.15) is 32.1 Å². The summed E-state index contributed by atoms with van der Waals surface area (Å²) in [4.78, 5) is 13.4. The van der Waals surface area contributed by atoms with E-state index in [0.29, 0.717) is 11.8 Å². The van der Waals surface area contributed by atoms with Gasteiger partial charge < -0.3 is 10.1 Å². The molecular weight excluding hydrogens is 380 g/mol. The molecule has 0 radical (unpaired) electrons. The summed E-state index contributed by atoms with van der Waals surface area (Å²) >= 11 is 1.69. The second-order valence-electron chi connectivity index (χ2n) is 7.35. The van der Waals surface area contributed by atoms with Crippen molar-refractivity contribution >= 4 is 26.7 Å². The van der Waals surface area contributed by atoms with E-state index in [9.17, 15) is 0 Å². The summed E-state index contributed by atoms with van der Waals surface area (Å²) in [5, 5.41) is 4.62. The van der Waals surface area contributed by atoms with Crippen LogP contribution in [-0.2, 0) is 0 Å². The molecule has 3 heterocycles. The van der Waals surface area contributed by atoms with Gasteiger partial charge >= 0.3 is 0 Å². The van der Waals surface area contributed by atoms with Crippen molar-refractivity contribution in [3.05, 3.63) is 61.1 Å². The average molecular weight is 403 g/mol. The van der Waals surface area contributed by atoms with E-state index in [0.717, 1.165) is 32.4 Å². The highest BCUT2D eigenvalue weighted by Crippen LogP contribution is 2.33. The summed E-state index contributed by atoms with van der Waals surface area (Å²) in [5.74, 6) is 1.47. The third-order valence-corrected chi connectivity index (χ3v) is 6.15. The van der Waals surface area contributed by atoms with Crippen LogP contribution < -0.4 is 10.1 Å². The SMILES string of the molecule is c1ccc(-c2cncc(Oc3ccc4nc(NC5CCCCC5)sc4c3)c2)nc1. The van der Waals surface area contributed by atoms with Gasteiger partial charge in [-0.25, -0.2) is 4.98 Å². The molecule has 5 nitrogen and oxygen atoms in total. The van der Waals surface area contributed by atoms with Crippen LogP contribution >= 0.6 is 11.3 Å². The Morgan fingerprint density at radius 1 is 0.966 bits per heavy atom. The highest BCUT2D eigenvalue weighted by molar-refractivity contribution is 7.22. The molecule has 6 heteroatoms. The van der Waals surface area contributed by atoms with Gasteiger partial charge in [-0.05, 0) is 43.2 Å². The number of nitrogens with zero attached hydrogens (tertiary/aromatic N) is 3. The van der Waals surface area contributed by atoms with Gasteiger partial charge in [0.15, 0.2) is 5.13 Å². The zero-order valence-corrected chi connectivity index (χ0v) is 16.9. The van der Waals surface area contributed by atoms with Crippen LogP contribution in [0, 0.1) is 0 Å². The molecule has 0 spiro atoms. The summed E-state index contributed by atoms with van der Waals surface area (Å²) in [5.41, 5.74) is 2.81. The fraction of sp³-hybridized carbons (Fsp3) is 0.261. The number of hydrogen-bond donors (Lipinski definition) is 1. The molecule has 29 heavy (non-hydrogen) atoms. The van der Waals surface area contributed by atoms with Crippen molar-refractivity contribution in [3.8, 4) is 22.8 Å². The molecule has 1 fully saturated rings. The van der Waals surface area contributed by atoms with Gasteiger partial charge in [-0.1, -0.05) is 36.7 Å². The first-order valence-electron chi connectivity index (χ1n) is 10.0. The molecule has 0 unspecified atom stereocenters. The van der Waals surface area contributed by atoms with Crippen LogP contribution in [0.5, 0.6) is 11.5 Å². The molecule has 0 amide bonds. The van der Waals surface area contributed by atoms with Gasteiger partial charge in [-0.2, -0.15) is 0 Å². The number of thiazole rings is 1. The average Bonchev–Trinajstić information content (AvgIpc) is 3.17. The van der Waals surface area contributed by atoms with Crippen LogP contribution in [0.3, 0.4) is 0 Å². The number of fused-ring (bicyclic) bond motifs is 1. The Balaban J connectivity index is 1.34. The molecule has 1 saturated carbocycles. The van der Waals surface area contributed by atoms with Crippen molar-refractivity contribution in [2.75, 3.05) is 5.32 Å². The molecule has 0 aliphatic heterocycles. The smallest absolute Gasteiger partial charge is 0.184 e. The number of ether oxygens (including phenoxy) is 1. The lowest BCUT2D eigenvalue weighted by Gasteiger charge is -2.22. The first kappa shape index (κ1) is 18.1. The highest BCUT2D eigenvalue weighted by atomic mass is 32.1. The predicted molar refractivity (Wildman–Crippen MR) is 118 cm³/mol. The minimum atomic E-state index is 0.556. The lowest BCUT2D eigenvalue weighted by molar-refractivity contribution is 0.462. The third-order valence-electron chi connectivity index (χ3n) is 5.20. The Hall–Kier alpha value is -2.99. The molecule has 1 aromatic carbocycles. The van der Waals surface area contributed by atoms with E-state index in [1.807, 2.05) is 42.5 Å². The Morgan fingerprint density at radius 3 is 2.76 bits per heavy atom. The van der Waals surface area contributed by atoms with Gasteiger partial charge in [-0.3, -0.25) is 9.97 Å². The molecule has 0 bridgehead atoms. The van der Waals surface area contributed by atoms with E-state index < -0.39 is 0 Å². The minimum Gasteiger partial charge on any atom is -0.456 e. The summed E-state index contributed by atoms with van der Waals surface area (Å²) in [7, 11) is 0. The molecule has 0 saturated heterocycles. The normalized spacial score (nSPS) is 14.8. The monoisotopic (exact) mass is 402 g/mol. The molecule has 5 rings (SSSR count). The quantitative estimate of drug-likeness (QED) is 0.425. The molecule has 1 aliphatic carbocycles. The number of benzene rings is 1. The van der Waals surface area contributed by atoms with Crippen molar-refractivity contribution in [1.82, 2.24) is 15.0 Å². The second-order valence-corrected chi connectivity index (χ2v) is 8.38. The van der Waals surface area contributed by atoms with Crippen molar-refractivity contribution in [2.24, 2.45) is 0 Å².